The highest BCUT2D eigenvalue weighted by Crippen LogP contribution is 2.28. The molecular weight excluding hydrogens is 258 g/mol. The summed E-state index contributed by atoms with van der Waals surface area (Å²) in [6, 6.07) is 9.78. The van der Waals surface area contributed by atoms with E-state index in [4.69, 9.17) is 0 Å². The maximum Gasteiger partial charge on any atom is 0.172 e. The number of H-pyrrole nitrogens is 1. The number of hydrogen-bond acceptors (Lipinski definition) is 4. The van der Waals surface area contributed by atoms with Crippen molar-refractivity contribution < 1.29 is 5.11 Å². The SMILES string of the molecule is Cc1ccc2nc(Sc3ncccc3CO)[nH]c2c1. The molecule has 0 unspecified atom stereocenters. The van der Waals surface area contributed by atoms with Crippen LogP contribution < -0.4 is 0 Å². The van der Waals surface area contributed by atoms with Crippen LogP contribution in [0.3, 0.4) is 0 Å². The van der Waals surface area contributed by atoms with Gasteiger partial charge in [0, 0.05) is 11.8 Å². The first kappa shape index (κ1) is 12.2. The molecular formula is C14H13N3OS. The summed E-state index contributed by atoms with van der Waals surface area (Å²) in [6.45, 7) is 2.03. The van der Waals surface area contributed by atoms with Crippen molar-refractivity contribution in [1.82, 2.24) is 15.0 Å². The summed E-state index contributed by atoms with van der Waals surface area (Å²) in [7, 11) is 0. The van der Waals surface area contributed by atoms with E-state index in [0.717, 1.165) is 26.8 Å². The number of fused-ring (bicyclic) bond motifs is 1. The van der Waals surface area contributed by atoms with Crippen molar-refractivity contribution in [1.29, 1.82) is 0 Å². The molecule has 0 aliphatic rings. The van der Waals surface area contributed by atoms with Crippen LogP contribution >= 0.6 is 11.8 Å². The number of rotatable bonds is 3. The van der Waals surface area contributed by atoms with Crippen LogP contribution in [0.5, 0.6) is 0 Å². The third-order valence-electron chi connectivity index (χ3n) is 2.83. The summed E-state index contributed by atoms with van der Waals surface area (Å²) in [4.78, 5) is 12.1. The van der Waals surface area contributed by atoms with Crippen molar-refractivity contribution in [2.75, 3.05) is 0 Å². The highest BCUT2D eigenvalue weighted by atomic mass is 32.2. The predicted molar refractivity (Wildman–Crippen MR) is 75.1 cm³/mol. The maximum absolute atomic E-state index is 9.29. The average molecular weight is 271 g/mol. The Morgan fingerprint density at radius 3 is 3.05 bits per heavy atom. The number of aliphatic hydroxyl groups is 1. The van der Waals surface area contributed by atoms with Crippen molar-refractivity contribution in [3.63, 3.8) is 0 Å². The molecule has 3 rings (SSSR count). The second kappa shape index (κ2) is 5.03. The summed E-state index contributed by atoms with van der Waals surface area (Å²) in [5.74, 6) is 0. The van der Waals surface area contributed by atoms with Crippen molar-refractivity contribution >= 4 is 22.8 Å². The largest absolute Gasteiger partial charge is 0.392 e. The van der Waals surface area contributed by atoms with Gasteiger partial charge in [0.2, 0.25) is 0 Å². The molecule has 0 atom stereocenters. The van der Waals surface area contributed by atoms with Crippen LogP contribution in [0.25, 0.3) is 11.0 Å². The van der Waals surface area contributed by atoms with Crippen LogP contribution in [0.4, 0.5) is 0 Å². The fraction of sp³-hybridized carbons (Fsp3) is 0.143. The minimum atomic E-state index is -0.0183. The second-order valence-electron chi connectivity index (χ2n) is 4.29. The number of pyridine rings is 1. The summed E-state index contributed by atoms with van der Waals surface area (Å²) < 4.78 is 0. The molecule has 0 radical (unpaired) electrons. The Hall–Kier alpha value is -1.85. The van der Waals surface area contributed by atoms with Gasteiger partial charge in [0.25, 0.3) is 0 Å². The molecule has 4 nitrogen and oxygen atoms in total. The van der Waals surface area contributed by atoms with Gasteiger partial charge in [-0.2, -0.15) is 0 Å². The summed E-state index contributed by atoms with van der Waals surface area (Å²) in [6.07, 6.45) is 1.72. The van der Waals surface area contributed by atoms with Gasteiger partial charge in [-0.25, -0.2) is 9.97 Å². The quantitative estimate of drug-likeness (QED) is 0.769. The molecule has 0 fully saturated rings. The first-order valence-corrected chi connectivity index (χ1v) is 6.77. The molecule has 0 saturated carbocycles. The Morgan fingerprint density at radius 1 is 1.32 bits per heavy atom. The number of nitrogens with one attached hydrogen (secondary N) is 1. The lowest BCUT2D eigenvalue weighted by Crippen LogP contribution is -1.90. The van der Waals surface area contributed by atoms with E-state index in [0.29, 0.717) is 0 Å². The maximum atomic E-state index is 9.29. The number of hydrogen-bond donors (Lipinski definition) is 2. The van der Waals surface area contributed by atoms with Crippen LogP contribution in [0, 0.1) is 6.92 Å². The molecule has 0 amide bonds. The van der Waals surface area contributed by atoms with Crippen LogP contribution in [-0.4, -0.2) is 20.1 Å². The first-order valence-electron chi connectivity index (χ1n) is 5.95. The van der Waals surface area contributed by atoms with E-state index in [1.54, 1.807) is 6.20 Å². The predicted octanol–water partition coefficient (Wildman–Crippen LogP) is 2.91. The Kier molecular flexibility index (Phi) is 3.23. The van der Waals surface area contributed by atoms with Crippen LogP contribution in [0.1, 0.15) is 11.1 Å². The lowest BCUT2D eigenvalue weighted by atomic mass is 10.2. The normalized spacial score (nSPS) is 11.1. The Bertz CT molecular complexity index is 724. The summed E-state index contributed by atoms with van der Waals surface area (Å²) in [5.41, 5.74) is 3.96. The average Bonchev–Trinajstić information content (AvgIpc) is 2.80. The smallest absolute Gasteiger partial charge is 0.172 e. The van der Waals surface area contributed by atoms with Crippen LogP contribution in [0.15, 0.2) is 46.7 Å². The number of benzene rings is 1. The van der Waals surface area contributed by atoms with Crippen molar-refractivity contribution in [2.45, 2.75) is 23.7 Å². The minimum absolute atomic E-state index is 0.0183. The highest BCUT2D eigenvalue weighted by Gasteiger charge is 2.08. The van der Waals surface area contributed by atoms with E-state index in [1.807, 2.05) is 24.3 Å². The first-order chi connectivity index (χ1) is 9.26. The van der Waals surface area contributed by atoms with Crippen molar-refractivity contribution in [3.05, 3.63) is 47.7 Å². The summed E-state index contributed by atoms with van der Waals surface area (Å²) in [5, 5.41) is 10.9. The van der Waals surface area contributed by atoms with E-state index >= 15 is 0 Å². The molecule has 19 heavy (non-hydrogen) atoms. The zero-order chi connectivity index (χ0) is 13.2. The lowest BCUT2D eigenvalue weighted by molar-refractivity contribution is 0.278. The van der Waals surface area contributed by atoms with E-state index in [9.17, 15) is 5.11 Å². The van der Waals surface area contributed by atoms with Gasteiger partial charge < -0.3 is 10.1 Å². The number of aliphatic hydroxyl groups excluding tert-OH is 1. The van der Waals surface area contributed by atoms with Gasteiger partial charge in [0.15, 0.2) is 5.16 Å². The number of imidazole rings is 1. The molecule has 0 saturated heterocycles. The molecule has 3 aromatic rings. The zero-order valence-electron chi connectivity index (χ0n) is 10.4. The van der Waals surface area contributed by atoms with Gasteiger partial charge in [-0.15, -0.1) is 0 Å². The molecule has 5 heteroatoms. The molecule has 0 bridgehead atoms. The van der Waals surface area contributed by atoms with Gasteiger partial charge in [-0.05, 0) is 42.4 Å². The summed E-state index contributed by atoms with van der Waals surface area (Å²) >= 11 is 1.43. The van der Waals surface area contributed by atoms with Gasteiger partial charge in [-0.3, -0.25) is 0 Å². The number of nitrogens with zero attached hydrogens (tertiary/aromatic N) is 2. The van der Waals surface area contributed by atoms with E-state index < -0.39 is 0 Å². The van der Waals surface area contributed by atoms with Gasteiger partial charge in [0.1, 0.15) is 5.03 Å². The minimum Gasteiger partial charge on any atom is -0.392 e. The van der Waals surface area contributed by atoms with Gasteiger partial charge in [0.05, 0.1) is 17.6 Å². The fourth-order valence-corrected chi connectivity index (χ4v) is 2.74. The third kappa shape index (κ3) is 2.47. The van der Waals surface area contributed by atoms with Crippen LogP contribution in [0.2, 0.25) is 0 Å². The van der Waals surface area contributed by atoms with Crippen molar-refractivity contribution in [3.8, 4) is 0 Å². The second-order valence-corrected chi connectivity index (χ2v) is 5.27. The van der Waals surface area contributed by atoms with Crippen LogP contribution in [-0.2, 0) is 6.61 Å². The van der Waals surface area contributed by atoms with E-state index in [2.05, 4.69) is 27.9 Å². The molecule has 2 aromatic heterocycles. The molecule has 0 spiro atoms. The monoisotopic (exact) mass is 271 g/mol. The zero-order valence-corrected chi connectivity index (χ0v) is 11.2. The molecule has 96 valence electrons. The lowest BCUT2D eigenvalue weighted by Gasteiger charge is -2.02. The Balaban J connectivity index is 1.96. The number of aryl methyl sites for hydroxylation is 1. The molecule has 0 aliphatic heterocycles. The standard InChI is InChI=1S/C14H13N3OS/c1-9-4-5-11-12(7-9)17-14(16-11)19-13-10(8-18)3-2-6-15-13/h2-7,18H,8H2,1H3,(H,16,17). The Morgan fingerprint density at radius 2 is 2.21 bits per heavy atom. The van der Waals surface area contributed by atoms with E-state index in [-0.39, 0.29) is 6.61 Å². The molecule has 2 heterocycles. The topological polar surface area (TPSA) is 61.8 Å². The highest BCUT2D eigenvalue weighted by molar-refractivity contribution is 7.99. The number of aromatic amines is 1. The van der Waals surface area contributed by atoms with Gasteiger partial charge in [-0.1, -0.05) is 12.1 Å². The van der Waals surface area contributed by atoms with E-state index in [1.165, 1.54) is 17.3 Å². The third-order valence-corrected chi connectivity index (χ3v) is 3.78. The number of aromatic nitrogens is 3. The molecule has 1 aromatic carbocycles. The molecule has 2 N–H and O–H groups in total. The van der Waals surface area contributed by atoms with Crippen molar-refractivity contribution in [2.24, 2.45) is 0 Å². The Labute approximate surface area is 114 Å². The van der Waals surface area contributed by atoms with Gasteiger partial charge >= 0.3 is 0 Å². The fourth-order valence-electron chi connectivity index (χ4n) is 1.88. The molecule has 0 aliphatic carbocycles.